The molecule has 0 fully saturated rings. The second kappa shape index (κ2) is 9.58. The summed E-state index contributed by atoms with van der Waals surface area (Å²) in [6.07, 6.45) is 0.645. The summed E-state index contributed by atoms with van der Waals surface area (Å²) in [6.45, 7) is 0.0457. The number of esters is 2. The highest BCUT2D eigenvalue weighted by molar-refractivity contribution is 6.30. The minimum absolute atomic E-state index is 0.242. The number of carbonyl (C=O) groups excluding carboxylic acids is 3. The smallest absolute Gasteiger partial charge is 0.338 e. The highest BCUT2D eigenvalue weighted by Crippen LogP contribution is 2.09. The molecule has 0 saturated heterocycles. The maximum atomic E-state index is 11.9. The Hall–Kier alpha value is -2.86. The fraction of sp³-hybridized carbons (Fsp3) is 0.211. The second-order valence-electron chi connectivity index (χ2n) is 5.37. The van der Waals surface area contributed by atoms with Crippen LogP contribution in [0.5, 0.6) is 0 Å². The Morgan fingerprint density at radius 3 is 2.08 bits per heavy atom. The number of methoxy groups -OCH3 is 1. The normalized spacial score (nSPS) is 10.1. The lowest BCUT2D eigenvalue weighted by molar-refractivity contribution is -0.124. The van der Waals surface area contributed by atoms with Crippen LogP contribution in [0.1, 0.15) is 26.3 Å². The number of halogens is 1. The first kappa shape index (κ1) is 19.5. The summed E-state index contributed by atoms with van der Waals surface area (Å²) in [5.74, 6) is -1.53. The van der Waals surface area contributed by atoms with E-state index < -0.39 is 17.8 Å². The molecule has 0 aliphatic heterocycles. The maximum absolute atomic E-state index is 11.9. The molecule has 2 rings (SSSR count). The molecule has 7 heteroatoms. The molecule has 0 unspecified atom stereocenters. The van der Waals surface area contributed by atoms with E-state index in [-0.39, 0.29) is 12.2 Å². The van der Waals surface area contributed by atoms with E-state index in [1.807, 2.05) is 12.1 Å². The lowest BCUT2D eigenvalue weighted by Gasteiger charge is -2.07. The van der Waals surface area contributed by atoms with Crippen LogP contribution in [-0.4, -0.2) is 38.1 Å². The predicted octanol–water partition coefficient (Wildman–Crippen LogP) is 2.64. The third kappa shape index (κ3) is 5.89. The van der Waals surface area contributed by atoms with E-state index in [1.165, 1.54) is 31.4 Å². The third-order valence-electron chi connectivity index (χ3n) is 3.53. The molecule has 0 spiro atoms. The van der Waals surface area contributed by atoms with Gasteiger partial charge >= 0.3 is 11.9 Å². The van der Waals surface area contributed by atoms with Crippen molar-refractivity contribution in [2.75, 3.05) is 20.3 Å². The molecule has 0 radical (unpaired) electrons. The lowest BCUT2D eigenvalue weighted by atomic mass is 10.1. The second-order valence-corrected chi connectivity index (χ2v) is 5.81. The van der Waals surface area contributed by atoms with Gasteiger partial charge in [0.2, 0.25) is 0 Å². The van der Waals surface area contributed by atoms with Gasteiger partial charge in [-0.05, 0) is 48.4 Å². The van der Waals surface area contributed by atoms with Gasteiger partial charge in [-0.25, -0.2) is 9.59 Å². The molecule has 0 aromatic heterocycles. The van der Waals surface area contributed by atoms with Gasteiger partial charge in [-0.2, -0.15) is 0 Å². The van der Waals surface area contributed by atoms with Crippen molar-refractivity contribution in [3.8, 4) is 0 Å². The van der Waals surface area contributed by atoms with Crippen LogP contribution in [-0.2, 0) is 20.7 Å². The van der Waals surface area contributed by atoms with Crippen LogP contribution in [0.15, 0.2) is 48.5 Å². The zero-order valence-electron chi connectivity index (χ0n) is 14.2. The molecule has 0 atom stereocenters. The fourth-order valence-electron chi connectivity index (χ4n) is 2.12. The standard InChI is InChI=1S/C19H18ClNO5/c1-25-18(23)14-4-6-15(7-5-14)19(24)26-12-17(22)21-11-10-13-2-8-16(20)9-3-13/h2-9H,10-12H2,1H3,(H,21,22). The van der Waals surface area contributed by atoms with Crippen molar-refractivity contribution in [1.82, 2.24) is 5.32 Å². The number of ether oxygens (including phenoxy) is 2. The number of rotatable bonds is 7. The Balaban J connectivity index is 1.73. The van der Waals surface area contributed by atoms with Gasteiger partial charge in [0.1, 0.15) is 0 Å². The number of carbonyl (C=O) groups is 3. The van der Waals surface area contributed by atoms with Crippen LogP contribution in [0.25, 0.3) is 0 Å². The van der Waals surface area contributed by atoms with Gasteiger partial charge in [0.25, 0.3) is 5.91 Å². The molecule has 1 amide bonds. The Labute approximate surface area is 156 Å². The van der Waals surface area contributed by atoms with Crippen molar-refractivity contribution >= 4 is 29.4 Å². The lowest BCUT2D eigenvalue weighted by Crippen LogP contribution is -2.30. The minimum Gasteiger partial charge on any atom is -0.465 e. The van der Waals surface area contributed by atoms with E-state index in [9.17, 15) is 14.4 Å². The number of benzene rings is 2. The molecule has 1 N–H and O–H groups in total. The Bertz CT molecular complexity index is 772. The highest BCUT2D eigenvalue weighted by Gasteiger charge is 2.12. The summed E-state index contributed by atoms with van der Waals surface area (Å²) >= 11 is 5.81. The van der Waals surface area contributed by atoms with Crippen molar-refractivity contribution in [2.45, 2.75) is 6.42 Å². The molecule has 2 aromatic carbocycles. The molecular formula is C19H18ClNO5. The van der Waals surface area contributed by atoms with E-state index in [4.69, 9.17) is 16.3 Å². The molecule has 136 valence electrons. The Morgan fingerprint density at radius 1 is 0.923 bits per heavy atom. The average Bonchev–Trinajstić information content (AvgIpc) is 2.67. The van der Waals surface area contributed by atoms with Crippen LogP contribution in [0.3, 0.4) is 0 Å². The predicted molar refractivity (Wildman–Crippen MR) is 96.2 cm³/mol. The third-order valence-corrected chi connectivity index (χ3v) is 3.78. The van der Waals surface area contributed by atoms with Crippen molar-refractivity contribution in [3.63, 3.8) is 0 Å². The first-order valence-electron chi connectivity index (χ1n) is 7.86. The van der Waals surface area contributed by atoms with E-state index in [2.05, 4.69) is 10.1 Å². The van der Waals surface area contributed by atoms with Crippen molar-refractivity contribution in [3.05, 3.63) is 70.2 Å². The summed E-state index contributed by atoms with van der Waals surface area (Å²) in [4.78, 5) is 35.0. The largest absolute Gasteiger partial charge is 0.465 e. The van der Waals surface area contributed by atoms with Crippen molar-refractivity contribution in [2.24, 2.45) is 0 Å². The topological polar surface area (TPSA) is 81.7 Å². The van der Waals surface area contributed by atoms with Crippen LogP contribution >= 0.6 is 11.6 Å². The molecule has 0 aliphatic rings. The molecule has 2 aromatic rings. The van der Waals surface area contributed by atoms with Crippen molar-refractivity contribution < 1.29 is 23.9 Å². The molecule has 26 heavy (non-hydrogen) atoms. The van der Waals surface area contributed by atoms with Gasteiger partial charge in [-0.1, -0.05) is 23.7 Å². The van der Waals surface area contributed by atoms with Crippen molar-refractivity contribution in [1.29, 1.82) is 0 Å². The summed E-state index contributed by atoms with van der Waals surface area (Å²) < 4.78 is 9.53. The first-order valence-corrected chi connectivity index (χ1v) is 8.24. The summed E-state index contributed by atoms with van der Waals surface area (Å²) in [6, 6.07) is 13.1. The van der Waals surface area contributed by atoms with Crippen LogP contribution < -0.4 is 5.32 Å². The minimum atomic E-state index is -0.644. The SMILES string of the molecule is COC(=O)c1ccc(C(=O)OCC(=O)NCCc2ccc(Cl)cc2)cc1. The van der Waals surface area contributed by atoms with Gasteiger partial charge < -0.3 is 14.8 Å². The molecule has 0 heterocycles. The maximum Gasteiger partial charge on any atom is 0.338 e. The number of nitrogens with one attached hydrogen (secondary N) is 1. The summed E-state index contributed by atoms with van der Waals surface area (Å²) in [5.41, 5.74) is 1.60. The molecular weight excluding hydrogens is 358 g/mol. The highest BCUT2D eigenvalue weighted by atomic mass is 35.5. The van der Waals surface area contributed by atoms with Crippen LogP contribution in [0.2, 0.25) is 5.02 Å². The van der Waals surface area contributed by atoms with Gasteiger partial charge in [0.05, 0.1) is 18.2 Å². The number of amides is 1. The molecule has 0 bridgehead atoms. The van der Waals surface area contributed by atoms with Crippen LogP contribution in [0.4, 0.5) is 0 Å². The number of hydrogen-bond acceptors (Lipinski definition) is 5. The first-order chi connectivity index (χ1) is 12.5. The Kier molecular flexibility index (Phi) is 7.17. The molecule has 6 nitrogen and oxygen atoms in total. The summed E-state index contributed by atoms with van der Waals surface area (Å²) in [5, 5.41) is 3.33. The fourth-order valence-corrected chi connectivity index (χ4v) is 2.25. The van der Waals surface area contributed by atoms with E-state index in [0.717, 1.165) is 5.56 Å². The Morgan fingerprint density at radius 2 is 1.50 bits per heavy atom. The molecule has 0 aliphatic carbocycles. The van der Waals surface area contributed by atoms with Gasteiger partial charge in [-0.15, -0.1) is 0 Å². The van der Waals surface area contributed by atoms with Gasteiger partial charge in [0.15, 0.2) is 6.61 Å². The van der Waals surface area contributed by atoms with E-state index in [1.54, 1.807) is 12.1 Å². The van der Waals surface area contributed by atoms with E-state index >= 15 is 0 Å². The average molecular weight is 376 g/mol. The van der Waals surface area contributed by atoms with Crippen LogP contribution in [0, 0.1) is 0 Å². The summed E-state index contributed by atoms with van der Waals surface area (Å²) in [7, 11) is 1.27. The number of hydrogen-bond donors (Lipinski definition) is 1. The quantitative estimate of drug-likeness (QED) is 0.752. The van der Waals surface area contributed by atoms with E-state index in [0.29, 0.717) is 23.6 Å². The monoisotopic (exact) mass is 375 g/mol. The van der Waals surface area contributed by atoms with Gasteiger partial charge in [-0.3, -0.25) is 4.79 Å². The zero-order chi connectivity index (χ0) is 18.9. The van der Waals surface area contributed by atoms with Gasteiger partial charge in [0, 0.05) is 11.6 Å². The molecule has 0 saturated carbocycles. The zero-order valence-corrected chi connectivity index (χ0v) is 14.9.